The highest BCUT2D eigenvalue weighted by molar-refractivity contribution is 7.91. The third-order valence-corrected chi connectivity index (χ3v) is 5.85. The SMILES string of the molecule is CCCCN(C(=O)c1ccccc1Cl)C1CCS(=O)(=O)C1. The van der Waals surface area contributed by atoms with E-state index in [0.29, 0.717) is 23.6 Å². The molecule has 0 aliphatic carbocycles. The van der Waals surface area contributed by atoms with Crippen LogP contribution in [0.3, 0.4) is 0 Å². The summed E-state index contributed by atoms with van der Waals surface area (Å²) in [4.78, 5) is 14.4. The molecular weight excluding hydrogens is 310 g/mol. The summed E-state index contributed by atoms with van der Waals surface area (Å²) >= 11 is 6.09. The van der Waals surface area contributed by atoms with E-state index in [-0.39, 0.29) is 23.5 Å². The van der Waals surface area contributed by atoms with Crippen LogP contribution in [-0.4, -0.2) is 43.3 Å². The minimum atomic E-state index is -3.02. The van der Waals surface area contributed by atoms with Crippen LogP contribution in [0.25, 0.3) is 0 Å². The lowest BCUT2D eigenvalue weighted by molar-refractivity contribution is 0.0694. The predicted molar refractivity (Wildman–Crippen MR) is 84.5 cm³/mol. The van der Waals surface area contributed by atoms with E-state index >= 15 is 0 Å². The summed E-state index contributed by atoms with van der Waals surface area (Å²) in [7, 11) is -3.02. The molecule has 4 nitrogen and oxygen atoms in total. The van der Waals surface area contributed by atoms with Crippen molar-refractivity contribution < 1.29 is 13.2 Å². The number of benzene rings is 1. The van der Waals surface area contributed by atoms with Crippen LogP contribution in [0.5, 0.6) is 0 Å². The molecule has 1 saturated heterocycles. The number of carbonyl (C=O) groups is 1. The van der Waals surface area contributed by atoms with Crippen LogP contribution < -0.4 is 0 Å². The van der Waals surface area contributed by atoms with Gasteiger partial charge in [-0.1, -0.05) is 37.1 Å². The van der Waals surface area contributed by atoms with Crippen LogP contribution in [0.15, 0.2) is 24.3 Å². The van der Waals surface area contributed by atoms with Gasteiger partial charge in [-0.3, -0.25) is 4.79 Å². The standard InChI is InChI=1S/C15H20ClNO3S/c1-2-3-9-17(12-8-10-21(19,20)11-12)15(18)13-6-4-5-7-14(13)16/h4-7,12H,2-3,8-11H2,1H3. The van der Waals surface area contributed by atoms with E-state index in [9.17, 15) is 13.2 Å². The van der Waals surface area contributed by atoms with Crippen molar-refractivity contribution in [3.63, 3.8) is 0 Å². The fraction of sp³-hybridized carbons (Fsp3) is 0.533. The molecule has 0 radical (unpaired) electrons. The fourth-order valence-corrected chi connectivity index (χ4v) is 4.54. The second-order valence-electron chi connectivity index (χ2n) is 5.39. The molecule has 0 spiro atoms. The summed E-state index contributed by atoms with van der Waals surface area (Å²) in [5, 5.41) is 0.407. The fourth-order valence-electron chi connectivity index (χ4n) is 2.59. The molecule has 0 N–H and O–H groups in total. The number of rotatable bonds is 5. The smallest absolute Gasteiger partial charge is 0.255 e. The number of nitrogens with zero attached hydrogens (tertiary/aromatic N) is 1. The van der Waals surface area contributed by atoms with Crippen molar-refractivity contribution in [2.45, 2.75) is 32.2 Å². The maximum absolute atomic E-state index is 12.7. The molecule has 2 rings (SSSR count). The molecule has 1 amide bonds. The summed E-state index contributed by atoms with van der Waals surface area (Å²) < 4.78 is 23.4. The van der Waals surface area contributed by atoms with Gasteiger partial charge in [-0.15, -0.1) is 0 Å². The van der Waals surface area contributed by atoms with Crippen LogP contribution in [0, 0.1) is 0 Å². The number of hydrogen-bond donors (Lipinski definition) is 0. The predicted octanol–water partition coefficient (Wildman–Crippen LogP) is 2.77. The second-order valence-corrected chi connectivity index (χ2v) is 8.02. The van der Waals surface area contributed by atoms with Gasteiger partial charge in [0.15, 0.2) is 9.84 Å². The van der Waals surface area contributed by atoms with Crippen LogP contribution in [0.4, 0.5) is 0 Å². The van der Waals surface area contributed by atoms with E-state index in [0.717, 1.165) is 12.8 Å². The van der Waals surface area contributed by atoms with Gasteiger partial charge in [0, 0.05) is 12.6 Å². The molecule has 1 fully saturated rings. The Balaban J connectivity index is 2.24. The van der Waals surface area contributed by atoms with Crippen molar-refractivity contribution in [1.29, 1.82) is 0 Å². The molecule has 0 bridgehead atoms. The van der Waals surface area contributed by atoms with Crippen LogP contribution in [-0.2, 0) is 9.84 Å². The van der Waals surface area contributed by atoms with Crippen molar-refractivity contribution in [3.05, 3.63) is 34.9 Å². The first-order valence-corrected chi connectivity index (χ1v) is 9.40. The topological polar surface area (TPSA) is 54.5 Å². The lowest BCUT2D eigenvalue weighted by atomic mass is 10.1. The van der Waals surface area contributed by atoms with Crippen molar-refractivity contribution in [2.24, 2.45) is 0 Å². The summed E-state index contributed by atoms with van der Waals surface area (Å²) in [6.07, 6.45) is 2.32. The molecule has 1 aliphatic rings. The van der Waals surface area contributed by atoms with Crippen LogP contribution in [0.2, 0.25) is 5.02 Å². The summed E-state index contributed by atoms with van der Waals surface area (Å²) in [5.41, 5.74) is 0.444. The first-order chi connectivity index (χ1) is 9.94. The monoisotopic (exact) mass is 329 g/mol. The third kappa shape index (κ3) is 3.98. The van der Waals surface area contributed by atoms with Gasteiger partial charge in [0.1, 0.15) is 0 Å². The molecule has 1 heterocycles. The minimum absolute atomic E-state index is 0.0624. The molecule has 0 aromatic heterocycles. The van der Waals surface area contributed by atoms with Crippen molar-refractivity contribution in [1.82, 2.24) is 4.90 Å². The highest BCUT2D eigenvalue weighted by Crippen LogP contribution is 2.23. The van der Waals surface area contributed by atoms with Gasteiger partial charge in [0.05, 0.1) is 22.1 Å². The van der Waals surface area contributed by atoms with Gasteiger partial charge in [-0.2, -0.15) is 0 Å². The van der Waals surface area contributed by atoms with E-state index in [1.165, 1.54) is 0 Å². The quantitative estimate of drug-likeness (QED) is 0.834. The molecule has 1 aromatic carbocycles. The Bertz CT molecular complexity index is 615. The molecule has 1 aromatic rings. The van der Waals surface area contributed by atoms with Crippen molar-refractivity contribution in [3.8, 4) is 0 Å². The number of hydrogen-bond acceptors (Lipinski definition) is 3. The maximum Gasteiger partial charge on any atom is 0.255 e. The zero-order chi connectivity index (χ0) is 15.5. The van der Waals surface area contributed by atoms with Crippen LogP contribution >= 0.6 is 11.6 Å². The largest absolute Gasteiger partial charge is 0.335 e. The van der Waals surface area contributed by atoms with E-state index in [1.54, 1.807) is 29.2 Å². The zero-order valence-corrected chi connectivity index (χ0v) is 13.7. The Morgan fingerprint density at radius 3 is 2.67 bits per heavy atom. The molecule has 1 aliphatic heterocycles. The Kier molecular flexibility index (Phi) is 5.27. The van der Waals surface area contributed by atoms with Crippen LogP contribution in [0.1, 0.15) is 36.5 Å². The van der Waals surface area contributed by atoms with E-state index < -0.39 is 9.84 Å². The molecule has 1 atom stereocenters. The second kappa shape index (κ2) is 6.79. The highest BCUT2D eigenvalue weighted by Gasteiger charge is 2.35. The summed E-state index contributed by atoms with van der Waals surface area (Å²) in [6.45, 7) is 2.62. The molecule has 116 valence electrons. The van der Waals surface area contributed by atoms with Gasteiger partial charge in [0.25, 0.3) is 5.91 Å². The third-order valence-electron chi connectivity index (χ3n) is 3.77. The van der Waals surface area contributed by atoms with Gasteiger partial charge in [-0.25, -0.2) is 8.42 Å². The molecule has 0 saturated carbocycles. The molecule has 6 heteroatoms. The average Bonchev–Trinajstić information content (AvgIpc) is 2.79. The molecule has 1 unspecified atom stereocenters. The number of halogens is 1. The van der Waals surface area contributed by atoms with E-state index in [1.807, 2.05) is 6.92 Å². The average molecular weight is 330 g/mol. The summed E-state index contributed by atoms with van der Waals surface area (Å²) in [6, 6.07) is 6.67. The van der Waals surface area contributed by atoms with Gasteiger partial charge >= 0.3 is 0 Å². The Labute approximate surface area is 131 Å². The summed E-state index contributed by atoms with van der Waals surface area (Å²) in [5.74, 6) is 0.0550. The highest BCUT2D eigenvalue weighted by atomic mass is 35.5. The zero-order valence-electron chi connectivity index (χ0n) is 12.1. The molecular formula is C15H20ClNO3S. The Morgan fingerprint density at radius 2 is 2.10 bits per heavy atom. The van der Waals surface area contributed by atoms with Gasteiger partial charge < -0.3 is 4.90 Å². The molecule has 21 heavy (non-hydrogen) atoms. The lowest BCUT2D eigenvalue weighted by Gasteiger charge is -2.28. The Morgan fingerprint density at radius 1 is 1.38 bits per heavy atom. The van der Waals surface area contributed by atoms with Gasteiger partial charge in [-0.05, 0) is 25.0 Å². The van der Waals surface area contributed by atoms with Crippen molar-refractivity contribution in [2.75, 3.05) is 18.1 Å². The van der Waals surface area contributed by atoms with Crippen molar-refractivity contribution >= 4 is 27.3 Å². The number of amides is 1. The maximum atomic E-state index is 12.7. The van der Waals surface area contributed by atoms with Gasteiger partial charge in [0.2, 0.25) is 0 Å². The minimum Gasteiger partial charge on any atom is -0.335 e. The first kappa shape index (κ1) is 16.3. The van der Waals surface area contributed by atoms with E-state index in [2.05, 4.69) is 0 Å². The first-order valence-electron chi connectivity index (χ1n) is 7.20. The normalized spacial score (nSPS) is 20.4. The number of carbonyl (C=O) groups excluding carboxylic acids is 1. The van der Waals surface area contributed by atoms with E-state index in [4.69, 9.17) is 11.6 Å². The number of sulfone groups is 1. The lowest BCUT2D eigenvalue weighted by Crippen LogP contribution is -2.41. The Hall–Kier alpha value is -1.07. The number of unbranched alkanes of at least 4 members (excludes halogenated alkanes) is 1.